The summed E-state index contributed by atoms with van der Waals surface area (Å²) in [4.78, 5) is 5.07. The van der Waals surface area contributed by atoms with Gasteiger partial charge in [-0.15, -0.1) is 11.8 Å². The molecule has 0 aliphatic carbocycles. The highest BCUT2D eigenvalue weighted by molar-refractivity contribution is 7.98. The van der Waals surface area contributed by atoms with Crippen molar-refractivity contribution in [2.24, 2.45) is 0 Å². The van der Waals surface area contributed by atoms with Crippen LogP contribution in [-0.2, 0) is 0 Å². The Morgan fingerprint density at radius 2 is 2.38 bits per heavy atom. The quantitative estimate of drug-likeness (QED) is 0.672. The number of benzene rings is 1. The summed E-state index contributed by atoms with van der Waals surface area (Å²) in [6, 6.07) is 8.21. The summed E-state index contributed by atoms with van der Waals surface area (Å²) in [6.07, 6.45) is 9.28. The summed E-state index contributed by atoms with van der Waals surface area (Å²) in [6.45, 7) is 0. The van der Waals surface area contributed by atoms with Gasteiger partial charge in [-0.2, -0.15) is 4.98 Å². The SMILES string of the molecule is CSc1cccc(-n2c#cnc2)c1. The highest BCUT2D eigenvalue weighted by Crippen LogP contribution is 2.17. The van der Waals surface area contributed by atoms with Crippen LogP contribution in [0.1, 0.15) is 0 Å². The van der Waals surface area contributed by atoms with E-state index in [2.05, 4.69) is 35.8 Å². The van der Waals surface area contributed by atoms with Gasteiger partial charge in [0.05, 0.1) is 11.9 Å². The first-order chi connectivity index (χ1) is 6.40. The Balaban J connectivity index is 2.41. The van der Waals surface area contributed by atoms with Gasteiger partial charge in [0.2, 0.25) is 0 Å². The minimum Gasteiger partial charge on any atom is -0.257 e. The van der Waals surface area contributed by atoms with Crippen molar-refractivity contribution in [3.05, 3.63) is 43.0 Å². The van der Waals surface area contributed by atoms with E-state index in [-0.39, 0.29) is 0 Å². The smallest absolute Gasteiger partial charge is 0.118 e. The third-order valence-corrected chi connectivity index (χ3v) is 2.47. The topological polar surface area (TPSA) is 17.8 Å². The molecule has 0 saturated carbocycles. The summed E-state index contributed by atoms with van der Waals surface area (Å²) in [5, 5.41) is 0. The summed E-state index contributed by atoms with van der Waals surface area (Å²) < 4.78 is 1.82. The van der Waals surface area contributed by atoms with Crippen LogP contribution in [0.5, 0.6) is 0 Å². The molecule has 0 fully saturated rings. The average Bonchev–Trinajstić information content (AvgIpc) is 2.71. The van der Waals surface area contributed by atoms with E-state index in [0.717, 1.165) is 5.69 Å². The van der Waals surface area contributed by atoms with Crippen LogP contribution in [0.2, 0.25) is 0 Å². The standard InChI is InChI=1S/C10H8N2S/c1-13-10-4-2-3-9(7-10)12-6-5-11-8-12/h2-4,7-8H,1H3. The van der Waals surface area contributed by atoms with E-state index in [1.807, 2.05) is 16.7 Å². The summed E-state index contributed by atoms with van der Waals surface area (Å²) in [5.41, 5.74) is 1.07. The molecule has 0 spiro atoms. The normalized spacial score (nSPS) is 9.62. The molecule has 0 unspecified atom stereocenters. The average molecular weight is 188 g/mol. The Kier molecular flexibility index (Phi) is 2.24. The zero-order chi connectivity index (χ0) is 9.10. The lowest BCUT2D eigenvalue weighted by Gasteiger charge is -2.01. The molecule has 0 saturated heterocycles. The fourth-order valence-corrected chi connectivity index (χ4v) is 1.54. The van der Waals surface area contributed by atoms with E-state index < -0.39 is 0 Å². The fourth-order valence-electron chi connectivity index (χ4n) is 1.09. The van der Waals surface area contributed by atoms with Gasteiger partial charge in [0.25, 0.3) is 0 Å². The second-order valence-corrected chi connectivity index (χ2v) is 3.42. The van der Waals surface area contributed by atoms with Crippen LogP contribution < -0.4 is 0 Å². The van der Waals surface area contributed by atoms with Gasteiger partial charge in [-0.05, 0) is 24.5 Å². The van der Waals surface area contributed by atoms with Crippen molar-refractivity contribution in [2.75, 3.05) is 6.26 Å². The Labute approximate surface area is 81.6 Å². The Morgan fingerprint density at radius 3 is 3.08 bits per heavy atom. The first-order valence-corrected chi connectivity index (χ1v) is 5.10. The van der Waals surface area contributed by atoms with Gasteiger partial charge in [-0.3, -0.25) is 4.57 Å². The molecule has 0 N–H and O–H groups in total. The van der Waals surface area contributed by atoms with E-state index in [0.29, 0.717) is 0 Å². The molecule has 2 nitrogen and oxygen atoms in total. The van der Waals surface area contributed by atoms with Gasteiger partial charge in [0.15, 0.2) is 0 Å². The lowest BCUT2D eigenvalue weighted by atomic mass is 10.3. The molecule has 0 radical (unpaired) electrons. The lowest BCUT2D eigenvalue weighted by Crippen LogP contribution is -1.88. The zero-order valence-electron chi connectivity index (χ0n) is 7.19. The lowest BCUT2D eigenvalue weighted by molar-refractivity contribution is 1.04. The molecule has 2 rings (SSSR count). The van der Waals surface area contributed by atoms with E-state index in [1.165, 1.54) is 4.90 Å². The molecule has 64 valence electrons. The summed E-state index contributed by atoms with van der Waals surface area (Å²) in [7, 11) is 0. The Morgan fingerprint density at radius 1 is 1.46 bits per heavy atom. The van der Waals surface area contributed by atoms with E-state index >= 15 is 0 Å². The predicted octanol–water partition coefficient (Wildman–Crippen LogP) is 2.19. The number of hydrogen-bond donors (Lipinski definition) is 0. The van der Waals surface area contributed by atoms with Crippen LogP contribution in [0, 0.1) is 12.4 Å². The molecule has 2 aromatic rings. The number of rotatable bonds is 2. The van der Waals surface area contributed by atoms with Crippen LogP contribution in [-0.4, -0.2) is 15.8 Å². The third-order valence-electron chi connectivity index (χ3n) is 1.74. The summed E-state index contributed by atoms with van der Waals surface area (Å²) in [5.74, 6) is 0. The molecule has 0 amide bonds. The Bertz CT molecular complexity index is 382. The molecule has 0 bridgehead atoms. The van der Waals surface area contributed by atoms with Gasteiger partial charge in [-0.25, -0.2) is 0 Å². The van der Waals surface area contributed by atoms with Crippen molar-refractivity contribution in [3.8, 4) is 5.69 Å². The van der Waals surface area contributed by atoms with Gasteiger partial charge in [0, 0.05) is 11.1 Å². The van der Waals surface area contributed by atoms with Gasteiger partial charge >= 0.3 is 0 Å². The molecule has 1 heterocycles. The highest BCUT2D eigenvalue weighted by atomic mass is 32.2. The van der Waals surface area contributed by atoms with Crippen LogP contribution in [0.15, 0.2) is 35.5 Å². The minimum absolute atomic E-state index is 1.07. The maximum absolute atomic E-state index is 3.83. The van der Waals surface area contributed by atoms with Gasteiger partial charge in [0.1, 0.15) is 6.33 Å². The Hall–Kier alpha value is -1.40. The maximum atomic E-state index is 3.83. The van der Waals surface area contributed by atoms with E-state index in [1.54, 1.807) is 18.1 Å². The predicted molar refractivity (Wildman–Crippen MR) is 53.0 cm³/mol. The zero-order valence-corrected chi connectivity index (χ0v) is 8.01. The second-order valence-electron chi connectivity index (χ2n) is 2.54. The van der Waals surface area contributed by atoms with Gasteiger partial charge in [-0.1, -0.05) is 6.07 Å². The molecular formula is C10H8N2S. The van der Waals surface area contributed by atoms with Crippen LogP contribution in [0.25, 0.3) is 5.69 Å². The molecule has 3 heteroatoms. The number of hydrogen-bond acceptors (Lipinski definition) is 2. The maximum Gasteiger partial charge on any atom is 0.118 e. The van der Waals surface area contributed by atoms with Crippen molar-refractivity contribution in [1.82, 2.24) is 9.55 Å². The molecular weight excluding hydrogens is 180 g/mol. The van der Waals surface area contributed by atoms with Crippen LogP contribution >= 0.6 is 11.8 Å². The molecule has 0 aliphatic heterocycles. The van der Waals surface area contributed by atoms with Crippen molar-refractivity contribution in [3.63, 3.8) is 0 Å². The molecule has 0 atom stereocenters. The number of aromatic nitrogens is 2. The van der Waals surface area contributed by atoms with Crippen LogP contribution in [0.3, 0.4) is 0 Å². The monoisotopic (exact) mass is 188 g/mol. The first-order valence-electron chi connectivity index (χ1n) is 3.87. The molecule has 0 aliphatic rings. The van der Waals surface area contributed by atoms with Crippen molar-refractivity contribution in [2.45, 2.75) is 4.90 Å². The van der Waals surface area contributed by atoms with Gasteiger partial charge < -0.3 is 0 Å². The first kappa shape index (κ1) is 8.21. The third kappa shape index (κ3) is 1.68. The van der Waals surface area contributed by atoms with E-state index in [4.69, 9.17) is 0 Å². The molecule has 13 heavy (non-hydrogen) atoms. The van der Waals surface area contributed by atoms with Crippen molar-refractivity contribution in [1.29, 1.82) is 0 Å². The minimum atomic E-state index is 1.07. The largest absolute Gasteiger partial charge is 0.257 e. The fraction of sp³-hybridized carbons (Fsp3) is 0.100. The highest BCUT2D eigenvalue weighted by Gasteiger charge is 1.95. The summed E-state index contributed by atoms with van der Waals surface area (Å²) >= 11 is 1.72. The molecule has 1 aromatic carbocycles. The van der Waals surface area contributed by atoms with Crippen molar-refractivity contribution >= 4 is 11.8 Å². The van der Waals surface area contributed by atoms with E-state index in [9.17, 15) is 0 Å². The number of thioether (sulfide) groups is 1. The van der Waals surface area contributed by atoms with Crippen molar-refractivity contribution < 1.29 is 0 Å². The second kappa shape index (κ2) is 3.55. The number of nitrogens with zero attached hydrogens (tertiary/aromatic N) is 2. The van der Waals surface area contributed by atoms with Crippen LogP contribution in [0.4, 0.5) is 0 Å². The molecule has 1 aromatic heterocycles.